The van der Waals surface area contributed by atoms with Crippen molar-refractivity contribution in [2.24, 2.45) is 0 Å². The topological polar surface area (TPSA) is 49.3 Å². The summed E-state index contributed by atoms with van der Waals surface area (Å²) < 4.78 is 13.0. The van der Waals surface area contributed by atoms with E-state index in [4.69, 9.17) is 0 Å². The van der Waals surface area contributed by atoms with Gasteiger partial charge in [0, 0.05) is 16.3 Å². The van der Waals surface area contributed by atoms with E-state index in [-0.39, 0.29) is 11.4 Å². The van der Waals surface area contributed by atoms with Crippen molar-refractivity contribution in [2.45, 2.75) is 10.6 Å². The van der Waals surface area contributed by atoms with E-state index in [1.54, 1.807) is 30.0 Å². The molecule has 2 N–H and O–H groups in total. The third-order valence-electron chi connectivity index (χ3n) is 3.59. The van der Waals surface area contributed by atoms with Crippen LogP contribution in [0.1, 0.15) is 15.9 Å². The van der Waals surface area contributed by atoms with Crippen LogP contribution in [-0.4, -0.2) is 11.1 Å². The zero-order chi connectivity index (χ0) is 17.6. The molecule has 3 aromatic carbocycles. The van der Waals surface area contributed by atoms with Gasteiger partial charge in [0.2, 0.25) is 0 Å². The second-order valence-corrected chi connectivity index (χ2v) is 6.47. The highest BCUT2D eigenvalue weighted by Crippen LogP contribution is 2.27. The van der Waals surface area contributed by atoms with Crippen LogP contribution in [0, 0.1) is 5.82 Å². The molecule has 0 aliphatic heterocycles. The van der Waals surface area contributed by atoms with E-state index in [0.29, 0.717) is 11.4 Å². The first-order valence-electron chi connectivity index (χ1n) is 7.68. The Bertz CT molecular complexity index is 867. The first kappa shape index (κ1) is 17.0. The van der Waals surface area contributed by atoms with Crippen molar-refractivity contribution in [3.63, 3.8) is 0 Å². The molecule has 0 atom stereocenters. The maximum Gasteiger partial charge on any atom is 0.337 e. The monoisotopic (exact) mass is 353 g/mol. The summed E-state index contributed by atoms with van der Waals surface area (Å²) in [6.45, 7) is 0. The van der Waals surface area contributed by atoms with Crippen LogP contribution in [0.25, 0.3) is 0 Å². The number of hydrogen-bond donors (Lipinski definition) is 2. The molecule has 25 heavy (non-hydrogen) atoms. The van der Waals surface area contributed by atoms with Gasteiger partial charge >= 0.3 is 5.97 Å². The fourth-order valence-corrected chi connectivity index (χ4v) is 3.21. The summed E-state index contributed by atoms with van der Waals surface area (Å²) in [6, 6.07) is 21.1. The second-order valence-electron chi connectivity index (χ2n) is 5.42. The molecule has 0 fully saturated rings. The average molecular weight is 353 g/mol. The quantitative estimate of drug-likeness (QED) is 0.570. The smallest absolute Gasteiger partial charge is 0.337 e. The highest BCUT2D eigenvalue weighted by molar-refractivity contribution is 7.98. The number of anilines is 2. The van der Waals surface area contributed by atoms with Crippen LogP contribution in [0.4, 0.5) is 15.8 Å². The third kappa shape index (κ3) is 4.61. The number of nitrogens with one attached hydrogen (secondary N) is 1. The molecule has 0 aliphatic rings. The van der Waals surface area contributed by atoms with Crippen LogP contribution in [0.2, 0.25) is 0 Å². The summed E-state index contributed by atoms with van der Waals surface area (Å²) in [5.74, 6) is -0.619. The molecular formula is C20H16FNO2S. The highest BCUT2D eigenvalue weighted by atomic mass is 32.2. The van der Waals surface area contributed by atoms with Gasteiger partial charge in [-0.1, -0.05) is 24.3 Å². The van der Waals surface area contributed by atoms with Crippen LogP contribution in [0.5, 0.6) is 0 Å². The predicted octanol–water partition coefficient (Wildman–Crippen LogP) is 5.56. The number of carboxylic acid groups (broad SMARTS) is 1. The molecule has 126 valence electrons. The molecule has 0 amide bonds. The Labute approximate surface area is 149 Å². The van der Waals surface area contributed by atoms with E-state index in [9.17, 15) is 14.3 Å². The van der Waals surface area contributed by atoms with Gasteiger partial charge in [-0.15, -0.1) is 11.8 Å². The molecule has 0 saturated heterocycles. The van der Waals surface area contributed by atoms with Gasteiger partial charge in [-0.2, -0.15) is 0 Å². The van der Waals surface area contributed by atoms with E-state index in [2.05, 4.69) is 5.32 Å². The van der Waals surface area contributed by atoms with Gasteiger partial charge in [0.25, 0.3) is 0 Å². The van der Waals surface area contributed by atoms with Gasteiger partial charge in [-0.3, -0.25) is 0 Å². The van der Waals surface area contributed by atoms with Gasteiger partial charge in [-0.05, 0) is 54.1 Å². The van der Waals surface area contributed by atoms with Crippen molar-refractivity contribution in [3.8, 4) is 0 Å². The Hall–Kier alpha value is -2.79. The number of carboxylic acids is 1. The standard InChI is InChI=1S/C20H16FNO2S/c21-15-7-9-16(10-8-15)22-19-12-14(6-11-18(19)20(23)24)13-25-17-4-2-1-3-5-17/h1-12,22H,13H2,(H,23,24). The zero-order valence-corrected chi connectivity index (χ0v) is 14.1. The van der Waals surface area contributed by atoms with Crippen molar-refractivity contribution >= 4 is 29.1 Å². The molecule has 0 unspecified atom stereocenters. The summed E-state index contributed by atoms with van der Waals surface area (Å²) >= 11 is 1.68. The van der Waals surface area contributed by atoms with Gasteiger partial charge in [0.15, 0.2) is 0 Å². The predicted molar refractivity (Wildman–Crippen MR) is 99.1 cm³/mol. The molecule has 3 rings (SSSR count). The van der Waals surface area contributed by atoms with Crippen LogP contribution in [-0.2, 0) is 5.75 Å². The van der Waals surface area contributed by atoms with Gasteiger partial charge in [0.05, 0.1) is 11.3 Å². The number of thioether (sulfide) groups is 1. The first-order chi connectivity index (χ1) is 12.1. The van der Waals surface area contributed by atoms with E-state index >= 15 is 0 Å². The third-order valence-corrected chi connectivity index (χ3v) is 4.67. The molecule has 0 bridgehead atoms. The Morgan fingerprint density at radius 1 is 1.00 bits per heavy atom. The van der Waals surface area contributed by atoms with E-state index in [1.807, 2.05) is 42.5 Å². The number of hydrogen-bond acceptors (Lipinski definition) is 3. The molecule has 0 aliphatic carbocycles. The minimum atomic E-state index is -1.01. The van der Waals surface area contributed by atoms with Crippen molar-refractivity contribution in [1.82, 2.24) is 0 Å². The van der Waals surface area contributed by atoms with E-state index in [1.165, 1.54) is 12.1 Å². The van der Waals surface area contributed by atoms with Crippen molar-refractivity contribution in [3.05, 3.63) is 89.7 Å². The zero-order valence-electron chi connectivity index (χ0n) is 13.3. The Balaban J connectivity index is 1.81. The van der Waals surface area contributed by atoms with Gasteiger partial charge < -0.3 is 10.4 Å². The molecule has 0 spiro atoms. The number of halogens is 1. The highest BCUT2D eigenvalue weighted by Gasteiger charge is 2.11. The SMILES string of the molecule is O=C(O)c1ccc(CSc2ccccc2)cc1Nc1ccc(F)cc1. The lowest BCUT2D eigenvalue weighted by atomic mass is 10.1. The van der Waals surface area contributed by atoms with Crippen LogP contribution in [0.15, 0.2) is 77.7 Å². The minimum Gasteiger partial charge on any atom is -0.478 e. The number of aromatic carboxylic acids is 1. The van der Waals surface area contributed by atoms with Crippen molar-refractivity contribution in [2.75, 3.05) is 5.32 Å². The fraction of sp³-hybridized carbons (Fsp3) is 0.0500. The molecule has 3 nitrogen and oxygen atoms in total. The largest absolute Gasteiger partial charge is 0.478 e. The van der Waals surface area contributed by atoms with E-state index < -0.39 is 5.97 Å². The Morgan fingerprint density at radius 3 is 2.40 bits per heavy atom. The summed E-state index contributed by atoms with van der Waals surface area (Å²) in [7, 11) is 0. The maximum absolute atomic E-state index is 13.0. The number of carbonyl (C=O) groups is 1. The summed E-state index contributed by atoms with van der Waals surface area (Å²) in [6.07, 6.45) is 0. The molecule has 5 heteroatoms. The lowest BCUT2D eigenvalue weighted by molar-refractivity contribution is 0.0698. The second kappa shape index (κ2) is 7.85. The molecule has 0 radical (unpaired) electrons. The first-order valence-corrected chi connectivity index (χ1v) is 8.67. The van der Waals surface area contributed by atoms with Crippen LogP contribution >= 0.6 is 11.8 Å². The molecule has 0 saturated carbocycles. The molecule has 3 aromatic rings. The average Bonchev–Trinajstić information content (AvgIpc) is 2.63. The maximum atomic E-state index is 13.0. The van der Waals surface area contributed by atoms with E-state index in [0.717, 1.165) is 16.2 Å². The van der Waals surface area contributed by atoms with Crippen molar-refractivity contribution in [1.29, 1.82) is 0 Å². The summed E-state index contributed by atoms with van der Waals surface area (Å²) in [5, 5.41) is 12.4. The van der Waals surface area contributed by atoms with Crippen LogP contribution < -0.4 is 5.32 Å². The lowest BCUT2D eigenvalue weighted by Gasteiger charge is -2.12. The number of rotatable bonds is 6. The number of benzene rings is 3. The van der Waals surface area contributed by atoms with Gasteiger partial charge in [-0.25, -0.2) is 9.18 Å². The summed E-state index contributed by atoms with van der Waals surface area (Å²) in [5.41, 5.74) is 2.31. The molecular weight excluding hydrogens is 337 g/mol. The molecule has 0 aromatic heterocycles. The normalized spacial score (nSPS) is 10.4. The van der Waals surface area contributed by atoms with Gasteiger partial charge in [0.1, 0.15) is 5.82 Å². The Morgan fingerprint density at radius 2 is 1.72 bits per heavy atom. The fourth-order valence-electron chi connectivity index (χ4n) is 2.34. The minimum absolute atomic E-state index is 0.179. The Kier molecular flexibility index (Phi) is 5.36. The van der Waals surface area contributed by atoms with Crippen molar-refractivity contribution < 1.29 is 14.3 Å². The van der Waals surface area contributed by atoms with Crippen LogP contribution in [0.3, 0.4) is 0 Å². The molecule has 0 heterocycles. The lowest BCUT2D eigenvalue weighted by Crippen LogP contribution is -2.03. The summed E-state index contributed by atoms with van der Waals surface area (Å²) in [4.78, 5) is 12.6.